The Morgan fingerprint density at radius 1 is 1.22 bits per heavy atom. The lowest BCUT2D eigenvalue weighted by atomic mass is 9.90. The van der Waals surface area contributed by atoms with Gasteiger partial charge in [-0.2, -0.15) is 0 Å². The van der Waals surface area contributed by atoms with Crippen LogP contribution in [0.5, 0.6) is 0 Å². The molecule has 0 radical (unpaired) electrons. The third-order valence-electron chi connectivity index (χ3n) is 4.53. The number of hydrogen-bond donors (Lipinski definition) is 1. The van der Waals surface area contributed by atoms with Crippen LogP contribution in [0.3, 0.4) is 0 Å². The van der Waals surface area contributed by atoms with Gasteiger partial charge in [0, 0.05) is 18.7 Å². The quantitative estimate of drug-likeness (QED) is 0.903. The van der Waals surface area contributed by atoms with E-state index in [2.05, 4.69) is 0 Å². The van der Waals surface area contributed by atoms with Gasteiger partial charge in [-0.1, -0.05) is 12.1 Å². The fraction of sp³-hybridized carbons (Fsp3) is 0.529. The summed E-state index contributed by atoms with van der Waals surface area (Å²) < 4.78 is 0.468. The zero-order valence-corrected chi connectivity index (χ0v) is 14.8. The smallest absolute Gasteiger partial charge is 0.311 e. The van der Waals surface area contributed by atoms with Gasteiger partial charge in [-0.25, -0.2) is 0 Å². The van der Waals surface area contributed by atoms with Crippen molar-refractivity contribution in [3.63, 3.8) is 0 Å². The second-order valence-corrected chi connectivity index (χ2v) is 9.12. The zero-order valence-electron chi connectivity index (χ0n) is 13.2. The first-order chi connectivity index (χ1) is 11.0. The van der Waals surface area contributed by atoms with Gasteiger partial charge in [0.1, 0.15) is 0 Å². The maximum absolute atomic E-state index is 12.6. The lowest BCUT2D eigenvalue weighted by Crippen LogP contribution is -2.34. The van der Waals surface area contributed by atoms with Crippen molar-refractivity contribution in [1.82, 2.24) is 4.90 Å². The van der Waals surface area contributed by atoms with Crippen LogP contribution < -0.4 is 0 Å². The van der Waals surface area contributed by atoms with E-state index in [-0.39, 0.29) is 12.5 Å². The third kappa shape index (κ3) is 3.53. The maximum atomic E-state index is 12.6. The molecule has 23 heavy (non-hydrogen) atoms. The highest BCUT2D eigenvalue weighted by Crippen LogP contribution is 2.43. The fourth-order valence-electron chi connectivity index (χ4n) is 2.95. The predicted molar refractivity (Wildman–Crippen MR) is 95.0 cm³/mol. The topological polar surface area (TPSA) is 57.6 Å². The molecule has 3 rings (SSSR count). The Balaban J connectivity index is 1.67. The monoisotopic (exact) mass is 351 g/mol. The average molecular weight is 351 g/mol. The zero-order chi connectivity index (χ0) is 16.4. The van der Waals surface area contributed by atoms with E-state index in [1.807, 2.05) is 47.8 Å². The maximum Gasteiger partial charge on any atom is 0.311 e. The summed E-state index contributed by atoms with van der Waals surface area (Å²) in [7, 11) is 0. The van der Waals surface area contributed by atoms with E-state index in [0.717, 1.165) is 0 Å². The fourth-order valence-corrected chi connectivity index (χ4v) is 5.85. The molecule has 2 saturated heterocycles. The molecule has 2 aliphatic heterocycles. The minimum absolute atomic E-state index is 0.0644. The van der Waals surface area contributed by atoms with Gasteiger partial charge in [-0.3, -0.25) is 9.59 Å². The summed E-state index contributed by atoms with van der Waals surface area (Å²) in [6.45, 7) is 2.51. The minimum Gasteiger partial charge on any atom is -0.481 e. The van der Waals surface area contributed by atoms with E-state index in [9.17, 15) is 14.7 Å². The molecule has 0 aliphatic carbocycles. The van der Waals surface area contributed by atoms with Gasteiger partial charge in [0.15, 0.2) is 0 Å². The van der Waals surface area contributed by atoms with Crippen LogP contribution in [0, 0.1) is 5.41 Å². The summed E-state index contributed by atoms with van der Waals surface area (Å²) in [5, 5.41) is 9.28. The number of nitrogens with zero attached hydrogens (tertiary/aromatic N) is 1. The molecule has 0 bridgehead atoms. The van der Waals surface area contributed by atoms with Crippen molar-refractivity contribution < 1.29 is 14.7 Å². The number of benzene rings is 1. The summed E-state index contributed by atoms with van der Waals surface area (Å²) in [5.74, 6) is 1.50. The highest BCUT2D eigenvalue weighted by Gasteiger charge is 2.42. The number of carboxylic acids is 1. The number of aliphatic carboxylic acids is 1. The summed E-state index contributed by atoms with van der Waals surface area (Å²) in [4.78, 5) is 25.5. The Kier molecular flexibility index (Phi) is 4.92. The van der Waals surface area contributed by atoms with Crippen LogP contribution in [0.2, 0.25) is 0 Å². The Morgan fingerprint density at radius 2 is 1.87 bits per heavy atom. The Bertz CT molecular complexity index is 598. The molecule has 2 heterocycles. The average Bonchev–Trinajstić information content (AvgIpc) is 2.99. The van der Waals surface area contributed by atoms with Crippen LogP contribution in [0.25, 0.3) is 0 Å². The number of hydrogen-bond acceptors (Lipinski definition) is 4. The highest BCUT2D eigenvalue weighted by atomic mass is 32.2. The number of amides is 1. The summed E-state index contributed by atoms with van der Waals surface area (Å²) in [5.41, 5.74) is 1.09. The molecule has 1 atom stereocenters. The van der Waals surface area contributed by atoms with Crippen molar-refractivity contribution in [2.75, 3.05) is 24.6 Å². The third-order valence-corrected chi connectivity index (χ3v) is 7.55. The van der Waals surface area contributed by atoms with Gasteiger partial charge in [0.2, 0.25) is 0 Å². The molecule has 0 saturated carbocycles. The second kappa shape index (κ2) is 6.77. The Labute approximate surface area is 145 Å². The molecular formula is C17H21NO3S2. The molecule has 1 aromatic rings. The molecule has 1 unspecified atom stereocenters. The van der Waals surface area contributed by atoms with Crippen LogP contribution in [-0.4, -0.2) is 46.5 Å². The Hall–Kier alpha value is -1.14. The number of thioether (sulfide) groups is 2. The molecule has 0 spiro atoms. The molecule has 0 aromatic heterocycles. The molecule has 4 nitrogen and oxygen atoms in total. The first-order valence-electron chi connectivity index (χ1n) is 7.85. The van der Waals surface area contributed by atoms with E-state index in [1.165, 1.54) is 23.5 Å². The van der Waals surface area contributed by atoms with Crippen molar-refractivity contribution in [3.05, 3.63) is 35.4 Å². The van der Waals surface area contributed by atoms with Crippen molar-refractivity contribution >= 4 is 35.4 Å². The van der Waals surface area contributed by atoms with Gasteiger partial charge in [0.25, 0.3) is 5.91 Å². The minimum atomic E-state index is -0.825. The molecule has 2 aliphatic rings. The van der Waals surface area contributed by atoms with E-state index >= 15 is 0 Å². The molecule has 1 amide bonds. The Morgan fingerprint density at radius 3 is 2.43 bits per heavy atom. The van der Waals surface area contributed by atoms with Crippen LogP contribution in [0.4, 0.5) is 0 Å². The SMILES string of the molecule is CC1(C(=O)O)CCN(C(=O)c2ccc(C3SCCCS3)cc2)C1. The molecule has 1 aromatic carbocycles. The summed E-state index contributed by atoms with van der Waals surface area (Å²) in [6.07, 6.45) is 1.78. The van der Waals surface area contributed by atoms with Gasteiger partial charge >= 0.3 is 5.97 Å². The van der Waals surface area contributed by atoms with Crippen LogP contribution >= 0.6 is 23.5 Å². The van der Waals surface area contributed by atoms with Crippen molar-refractivity contribution in [1.29, 1.82) is 0 Å². The predicted octanol–water partition coefficient (Wildman–Crippen LogP) is 3.49. The standard InChI is InChI=1S/C17H21NO3S2/c1-17(16(20)21)7-8-18(11-17)14(19)12-3-5-13(6-4-12)15-22-9-2-10-23-15/h3-6,15H,2,7-11H2,1H3,(H,20,21). The highest BCUT2D eigenvalue weighted by molar-refractivity contribution is 8.16. The van der Waals surface area contributed by atoms with Crippen molar-refractivity contribution in [3.8, 4) is 0 Å². The number of likely N-dealkylation sites (tertiary alicyclic amines) is 1. The molecule has 1 N–H and O–H groups in total. The number of carbonyl (C=O) groups is 2. The van der Waals surface area contributed by atoms with Crippen LogP contribution in [0.1, 0.15) is 40.3 Å². The van der Waals surface area contributed by atoms with Gasteiger partial charge < -0.3 is 10.0 Å². The lowest BCUT2D eigenvalue weighted by molar-refractivity contribution is -0.147. The summed E-state index contributed by atoms with van der Waals surface area (Å²) >= 11 is 3.92. The molecule has 2 fully saturated rings. The van der Waals surface area contributed by atoms with Crippen molar-refractivity contribution in [2.45, 2.75) is 24.3 Å². The van der Waals surface area contributed by atoms with Crippen molar-refractivity contribution in [2.24, 2.45) is 5.41 Å². The van der Waals surface area contributed by atoms with E-state index in [1.54, 1.807) is 11.8 Å². The summed E-state index contributed by atoms with van der Waals surface area (Å²) in [6, 6.07) is 7.83. The van der Waals surface area contributed by atoms with E-state index in [0.29, 0.717) is 23.1 Å². The van der Waals surface area contributed by atoms with Gasteiger partial charge in [-0.15, -0.1) is 23.5 Å². The van der Waals surface area contributed by atoms with Gasteiger partial charge in [0.05, 0.1) is 10.00 Å². The van der Waals surface area contributed by atoms with Crippen LogP contribution in [0.15, 0.2) is 24.3 Å². The van der Waals surface area contributed by atoms with Crippen LogP contribution in [-0.2, 0) is 4.79 Å². The number of carbonyl (C=O) groups excluding carboxylic acids is 1. The van der Waals surface area contributed by atoms with E-state index < -0.39 is 11.4 Å². The largest absolute Gasteiger partial charge is 0.481 e. The molecular weight excluding hydrogens is 330 g/mol. The number of carboxylic acid groups (broad SMARTS) is 1. The first kappa shape index (κ1) is 16.7. The lowest BCUT2D eigenvalue weighted by Gasteiger charge is -2.22. The molecule has 124 valence electrons. The normalized spacial score (nSPS) is 25.5. The van der Waals surface area contributed by atoms with Gasteiger partial charge in [-0.05, 0) is 49.0 Å². The van der Waals surface area contributed by atoms with E-state index in [4.69, 9.17) is 0 Å². The number of rotatable bonds is 3. The first-order valence-corrected chi connectivity index (χ1v) is 9.95. The molecule has 6 heteroatoms. The second-order valence-electron chi connectivity index (χ2n) is 6.39.